The Hall–Kier alpha value is -2.77. The van der Waals surface area contributed by atoms with Gasteiger partial charge in [0.1, 0.15) is 0 Å². The second kappa shape index (κ2) is 7.63. The topological polar surface area (TPSA) is 85.1 Å². The number of nitro groups is 1. The van der Waals surface area contributed by atoms with E-state index in [0.29, 0.717) is 5.13 Å². The van der Waals surface area contributed by atoms with Gasteiger partial charge in [0.15, 0.2) is 5.13 Å². The van der Waals surface area contributed by atoms with Crippen molar-refractivity contribution in [2.24, 2.45) is 0 Å². The van der Waals surface area contributed by atoms with Crippen molar-refractivity contribution in [2.75, 3.05) is 5.32 Å². The van der Waals surface area contributed by atoms with Gasteiger partial charge in [-0.3, -0.25) is 20.2 Å². The van der Waals surface area contributed by atoms with Crippen molar-refractivity contribution in [3.05, 3.63) is 85.4 Å². The summed E-state index contributed by atoms with van der Waals surface area (Å²) in [7, 11) is 0. The fourth-order valence-corrected chi connectivity index (χ4v) is 3.54. The van der Waals surface area contributed by atoms with Crippen LogP contribution in [0.2, 0.25) is 5.02 Å². The third-order valence-corrected chi connectivity index (χ3v) is 4.87. The van der Waals surface area contributed by atoms with Crippen LogP contribution in [0.15, 0.2) is 48.7 Å². The van der Waals surface area contributed by atoms with Crippen molar-refractivity contribution in [2.45, 2.75) is 13.3 Å². The average molecular weight is 388 g/mol. The van der Waals surface area contributed by atoms with Crippen molar-refractivity contribution >= 4 is 39.7 Å². The highest BCUT2D eigenvalue weighted by Crippen LogP contribution is 2.25. The van der Waals surface area contributed by atoms with Gasteiger partial charge in [-0.25, -0.2) is 4.98 Å². The molecule has 0 aliphatic rings. The lowest BCUT2D eigenvalue weighted by molar-refractivity contribution is -0.384. The van der Waals surface area contributed by atoms with E-state index in [9.17, 15) is 14.9 Å². The number of anilines is 1. The molecule has 0 fully saturated rings. The number of carbonyl (C=O) groups is 1. The molecule has 1 amide bonds. The molecule has 0 saturated heterocycles. The molecule has 0 atom stereocenters. The Morgan fingerprint density at radius 1 is 1.31 bits per heavy atom. The molecule has 8 heteroatoms. The van der Waals surface area contributed by atoms with Gasteiger partial charge in [0, 0.05) is 29.6 Å². The van der Waals surface area contributed by atoms with E-state index in [1.54, 1.807) is 6.20 Å². The Bertz CT molecular complexity index is 987. The second-order valence-electron chi connectivity index (χ2n) is 5.67. The van der Waals surface area contributed by atoms with Crippen LogP contribution in [0.3, 0.4) is 0 Å². The molecule has 132 valence electrons. The molecule has 0 saturated carbocycles. The highest BCUT2D eigenvalue weighted by molar-refractivity contribution is 7.15. The van der Waals surface area contributed by atoms with Crippen LogP contribution >= 0.6 is 22.9 Å². The molecule has 0 aliphatic carbocycles. The highest BCUT2D eigenvalue weighted by Gasteiger charge is 2.16. The molecular formula is C18H14ClN3O3S. The normalized spacial score (nSPS) is 10.5. The first-order chi connectivity index (χ1) is 12.4. The molecule has 0 spiro atoms. The third-order valence-electron chi connectivity index (χ3n) is 3.64. The van der Waals surface area contributed by atoms with Gasteiger partial charge in [-0.05, 0) is 18.6 Å². The maximum Gasteiger partial charge on any atom is 0.270 e. The molecule has 0 aliphatic heterocycles. The van der Waals surface area contributed by atoms with Crippen LogP contribution in [-0.4, -0.2) is 15.8 Å². The van der Waals surface area contributed by atoms with Crippen LogP contribution in [0.5, 0.6) is 0 Å². The summed E-state index contributed by atoms with van der Waals surface area (Å²) in [5.41, 5.74) is 2.35. The van der Waals surface area contributed by atoms with E-state index >= 15 is 0 Å². The number of benzene rings is 2. The fourth-order valence-electron chi connectivity index (χ4n) is 2.44. The molecule has 0 radical (unpaired) electrons. The van der Waals surface area contributed by atoms with Crippen molar-refractivity contribution in [1.82, 2.24) is 4.98 Å². The lowest BCUT2D eigenvalue weighted by Gasteiger charge is -2.04. The van der Waals surface area contributed by atoms with Gasteiger partial charge >= 0.3 is 0 Å². The maximum atomic E-state index is 12.3. The van der Waals surface area contributed by atoms with Crippen molar-refractivity contribution in [3.63, 3.8) is 0 Å². The van der Waals surface area contributed by atoms with Gasteiger partial charge in [0.25, 0.3) is 11.6 Å². The zero-order chi connectivity index (χ0) is 18.7. The first-order valence-electron chi connectivity index (χ1n) is 7.68. The minimum atomic E-state index is -0.564. The lowest BCUT2D eigenvalue weighted by atomic mass is 10.1. The van der Waals surface area contributed by atoms with E-state index < -0.39 is 10.8 Å². The number of nitro benzene ring substituents is 1. The SMILES string of the molecule is Cc1cccc(Cc2cnc(NC(=O)c3ccc([N+](=O)[O-])cc3Cl)s2)c1. The highest BCUT2D eigenvalue weighted by atomic mass is 35.5. The molecule has 1 aromatic heterocycles. The number of nitrogens with one attached hydrogen (secondary N) is 1. The number of non-ortho nitro benzene ring substituents is 1. The summed E-state index contributed by atoms with van der Waals surface area (Å²) in [4.78, 5) is 27.7. The van der Waals surface area contributed by atoms with E-state index in [4.69, 9.17) is 11.6 Å². The van der Waals surface area contributed by atoms with Crippen LogP contribution < -0.4 is 5.32 Å². The first-order valence-corrected chi connectivity index (χ1v) is 8.87. The summed E-state index contributed by atoms with van der Waals surface area (Å²) in [6.45, 7) is 2.04. The molecule has 1 heterocycles. The summed E-state index contributed by atoms with van der Waals surface area (Å²) in [5.74, 6) is -0.457. The molecule has 26 heavy (non-hydrogen) atoms. The smallest absolute Gasteiger partial charge is 0.270 e. The summed E-state index contributed by atoms with van der Waals surface area (Å²) in [6, 6.07) is 11.9. The first kappa shape index (κ1) is 18.0. The number of amides is 1. The van der Waals surface area contributed by atoms with Gasteiger partial charge < -0.3 is 0 Å². The minimum absolute atomic E-state index is 0.0215. The largest absolute Gasteiger partial charge is 0.298 e. The van der Waals surface area contributed by atoms with Gasteiger partial charge in [-0.15, -0.1) is 11.3 Å². The number of hydrogen-bond acceptors (Lipinski definition) is 5. The van der Waals surface area contributed by atoms with Crippen LogP contribution in [0.1, 0.15) is 26.4 Å². The number of halogens is 1. The number of hydrogen-bond donors (Lipinski definition) is 1. The number of aromatic nitrogens is 1. The summed E-state index contributed by atoms with van der Waals surface area (Å²) in [5, 5.41) is 13.9. The molecule has 0 unspecified atom stereocenters. The summed E-state index contributed by atoms with van der Waals surface area (Å²) >= 11 is 7.36. The number of aryl methyl sites for hydroxylation is 1. The number of carbonyl (C=O) groups excluding carboxylic acids is 1. The van der Waals surface area contributed by atoms with Gasteiger partial charge in [0.2, 0.25) is 0 Å². The Kier molecular flexibility index (Phi) is 5.29. The Morgan fingerprint density at radius 2 is 2.12 bits per heavy atom. The minimum Gasteiger partial charge on any atom is -0.298 e. The molecular weight excluding hydrogens is 374 g/mol. The van der Waals surface area contributed by atoms with Crippen molar-refractivity contribution in [1.29, 1.82) is 0 Å². The monoisotopic (exact) mass is 387 g/mol. The van der Waals surface area contributed by atoms with Crippen LogP contribution in [-0.2, 0) is 6.42 Å². The molecule has 2 aromatic carbocycles. The van der Waals surface area contributed by atoms with Crippen molar-refractivity contribution in [3.8, 4) is 0 Å². The van der Waals surface area contributed by atoms with E-state index in [1.807, 2.05) is 25.1 Å². The second-order valence-corrected chi connectivity index (χ2v) is 7.20. The standard InChI is InChI=1S/C18H14ClN3O3S/c1-11-3-2-4-12(7-11)8-14-10-20-18(26-14)21-17(23)15-6-5-13(22(24)25)9-16(15)19/h2-7,9-10H,8H2,1H3,(H,20,21,23). The molecule has 1 N–H and O–H groups in total. The van der Waals surface area contributed by atoms with Crippen LogP contribution in [0.4, 0.5) is 10.8 Å². The Labute approximate surface area is 158 Å². The molecule has 0 bridgehead atoms. The quantitative estimate of drug-likeness (QED) is 0.500. The Morgan fingerprint density at radius 3 is 2.81 bits per heavy atom. The number of thiazole rings is 1. The predicted octanol–water partition coefficient (Wildman–Crippen LogP) is 4.86. The summed E-state index contributed by atoms with van der Waals surface area (Å²) in [6.07, 6.45) is 2.45. The van der Waals surface area contributed by atoms with Gasteiger partial charge in [-0.1, -0.05) is 41.4 Å². The average Bonchev–Trinajstić information content (AvgIpc) is 3.01. The summed E-state index contributed by atoms with van der Waals surface area (Å²) < 4.78 is 0. The molecule has 3 rings (SSSR count). The molecule has 3 aromatic rings. The van der Waals surface area contributed by atoms with E-state index in [0.717, 1.165) is 17.4 Å². The van der Waals surface area contributed by atoms with Crippen molar-refractivity contribution < 1.29 is 9.72 Å². The van der Waals surface area contributed by atoms with Gasteiger partial charge in [0.05, 0.1) is 15.5 Å². The zero-order valence-corrected chi connectivity index (χ0v) is 15.3. The number of nitrogens with zero attached hydrogens (tertiary/aromatic N) is 2. The van der Waals surface area contributed by atoms with E-state index in [-0.39, 0.29) is 16.3 Å². The van der Waals surface area contributed by atoms with Gasteiger partial charge in [-0.2, -0.15) is 0 Å². The predicted molar refractivity (Wildman–Crippen MR) is 102 cm³/mol. The maximum absolute atomic E-state index is 12.3. The van der Waals surface area contributed by atoms with E-state index in [1.165, 1.54) is 34.6 Å². The van der Waals surface area contributed by atoms with Crippen LogP contribution in [0, 0.1) is 17.0 Å². The molecule has 6 nitrogen and oxygen atoms in total. The fraction of sp³-hybridized carbons (Fsp3) is 0.111. The lowest BCUT2D eigenvalue weighted by Crippen LogP contribution is -2.12. The Balaban J connectivity index is 1.71. The zero-order valence-electron chi connectivity index (χ0n) is 13.7. The third kappa shape index (κ3) is 4.25. The van der Waals surface area contributed by atoms with E-state index in [2.05, 4.69) is 16.4 Å². The number of rotatable bonds is 5. The van der Waals surface area contributed by atoms with Crippen LogP contribution in [0.25, 0.3) is 0 Å².